The zero-order chi connectivity index (χ0) is 32.5. The largest absolute Gasteiger partial charge is 0.508 e. The first-order valence-corrected chi connectivity index (χ1v) is 14.3. The second-order valence-corrected chi connectivity index (χ2v) is 11.0. The molecule has 13 heteroatoms. The number of nitrogens with zero attached hydrogens (tertiary/aromatic N) is 4. The number of piperazine rings is 1. The van der Waals surface area contributed by atoms with Crippen molar-refractivity contribution in [1.82, 2.24) is 14.0 Å². The van der Waals surface area contributed by atoms with E-state index < -0.39 is 52.8 Å². The molecule has 3 N–H and O–H groups in total. The first-order chi connectivity index (χ1) is 21.3. The lowest BCUT2D eigenvalue weighted by Gasteiger charge is -2.37. The third kappa shape index (κ3) is 6.79. The Morgan fingerprint density at radius 1 is 0.867 bits per heavy atom. The molecule has 0 bridgehead atoms. The van der Waals surface area contributed by atoms with Crippen molar-refractivity contribution in [3.05, 3.63) is 127 Å². The van der Waals surface area contributed by atoms with Crippen molar-refractivity contribution in [3.63, 3.8) is 0 Å². The average molecular weight is 630 g/mol. The average Bonchev–Trinajstić information content (AvgIpc) is 3.00. The monoisotopic (exact) mass is 629 g/mol. The SMILES string of the molecule is Cc1c(N2CCN(Cc3ccc(O)cc3F)CC2)c(=O)n(C[C@@H](N)c2ccccc2)c(=O)n1Cc1c(F)cccc1C(F)(F)F. The summed E-state index contributed by atoms with van der Waals surface area (Å²) in [5.41, 5.74) is 4.05. The summed E-state index contributed by atoms with van der Waals surface area (Å²) in [7, 11) is 0. The molecule has 3 aromatic carbocycles. The zero-order valence-corrected chi connectivity index (χ0v) is 24.4. The van der Waals surface area contributed by atoms with E-state index >= 15 is 0 Å². The number of hydrogen-bond acceptors (Lipinski definition) is 6. The number of aromatic nitrogens is 2. The summed E-state index contributed by atoms with van der Waals surface area (Å²) in [6.45, 7) is 2.03. The van der Waals surface area contributed by atoms with Gasteiger partial charge < -0.3 is 15.7 Å². The van der Waals surface area contributed by atoms with Gasteiger partial charge in [0, 0.05) is 61.7 Å². The van der Waals surface area contributed by atoms with Gasteiger partial charge >= 0.3 is 11.9 Å². The number of phenolic OH excluding ortho intramolecular Hbond substituents is 1. The fraction of sp³-hybridized carbons (Fsp3) is 0.312. The fourth-order valence-corrected chi connectivity index (χ4v) is 5.68. The van der Waals surface area contributed by atoms with E-state index in [0.29, 0.717) is 24.2 Å². The molecule has 1 saturated heterocycles. The minimum atomic E-state index is -4.88. The van der Waals surface area contributed by atoms with Gasteiger partial charge in [-0.25, -0.2) is 13.6 Å². The quantitative estimate of drug-likeness (QED) is 0.281. The molecule has 0 amide bonds. The van der Waals surface area contributed by atoms with Gasteiger partial charge in [-0.1, -0.05) is 42.5 Å². The highest BCUT2D eigenvalue weighted by Gasteiger charge is 2.35. The summed E-state index contributed by atoms with van der Waals surface area (Å²) >= 11 is 0. The lowest BCUT2D eigenvalue weighted by molar-refractivity contribution is -0.138. The molecular weight excluding hydrogens is 597 g/mol. The van der Waals surface area contributed by atoms with E-state index in [1.165, 1.54) is 19.1 Å². The van der Waals surface area contributed by atoms with Crippen LogP contribution in [0.15, 0.2) is 76.3 Å². The van der Waals surface area contributed by atoms with Crippen LogP contribution in [0, 0.1) is 18.6 Å². The number of hydrogen-bond donors (Lipinski definition) is 2. The smallest absolute Gasteiger partial charge is 0.416 e. The van der Waals surface area contributed by atoms with Crippen LogP contribution in [0.25, 0.3) is 0 Å². The van der Waals surface area contributed by atoms with Gasteiger partial charge in [0.15, 0.2) is 0 Å². The van der Waals surface area contributed by atoms with Crippen LogP contribution >= 0.6 is 0 Å². The van der Waals surface area contributed by atoms with Crippen LogP contribution in [0.4, 0.5) is 27.6 Å². The highest BCUT2D eigenvalue weighted by atomic mass is 19.4. The Kier molecular flexibility index (Phi) is 9.12. The number of benzene rings is 3. The molecule has 238 valence electrons. The third-order valence-corrected chi connectivity index (χ3v) is 8.12. The Morgan fingerprint density at radius 2 is 1.56 bits per heavy atom. The molecule has 1 atom stereocenters. The maximum Gasteiger partial charge on any atom is 0.416 e. The number of rotatable bonds is 8. The van der Waals surface area contributed by atoms with Crippen LogP contribution in [0.1, 0.15) is 34.0 Å². The van der Waals surface area contributed by atoms with E-state index in [4.69, 9.17) is 5.73 Å². The number of anilines is 1. The highest BCUT2D eigenvalue weighted by Crippen LogP contribution is 2.33. The van der Waals surface area contributed by atoms with Gasteiger partial charge in [0.25, 0.3) is 5.56 Å². The molecule has 2 heterocycles. The first-order valence-electron chi connectivity index (χ1n) is 14.3. The van der Waals surface area contributed by atoms with Crippen molar-refractivity contribution in [2.24, 2.45) is 5.73 Å². The molecule has 0 aliphatic carbocycles. The summed E-state index contributed by atoms with van der Waals surface area (Å²) in [5, 5.41) is 9.50. The summed E-state index contributed by atoms with van der Waals surface area (Å²) in [5.74, 6) is -1.87. The predicted molar refractivity (Wildman–Crippen MR) is 159 cm³/mol. The second-order valence-electron chi connectivity index (χ2n) is 11.0. The van der Waals surface area contributed by atoms with Gasteiger partial charge in [-0.2, -0.15) is 13.2 Å². The molecule has 1 aliphatic heterocycles. The number of phenols is 1. The molecule has 8 nitrogen and oxygen atoms in total. The van der Waals surface area contributed by atoms with Crippen molar-refractivity contribution in [2.75, 3.05) is 31.1 Å². The van der Waals surface area contributed by atoms with E-state index in [9.17, 15) is 36.6 Å². The van der Waals surface area contributed by atoms with E-state index in [1.54, 1.807) is 35.2 Å². The van der Waals surface area contributed by atoms with Crippen LogP contribution < -0.4 is 21.9 Å². The van der Waals surface area contributed by atoms with Gasteiger partial charge in [-0.15, -0.1) is 0 Å². The third-order valence-electron chi connectivity index (χ3n) is 8.12. The van der Waals surface area contributed by atoms with Crippen LogP contribution in [0.2, 0.25) is 0 Å². The zero-order valence-electron chi connectivity index (χ0n) is 24.4. The molecular formula is C32H32F5N5O3. The standard InChI is InChI=1S/C32H32F5N5O3/c1-20-29(40-14-12-39(13-15-40)17-22-10-11-23(43)16-27(22)34)30(44)42(19-28(38)21-6-3-2-4-7-21)31(45)41(20)18-24-25(32(35,36)37)8-5-9-26(24)33/h2-11,16,28,43H,12-15,17-19,38H2,1H3/t28-/m1/s1. The lowest BCUT2D eigenvalue weighted by atomic mass is 10.1. The Morgan fingerprint density at radius 3 is 2.20 bits per heavy atom. The van der Waals surface area contributed by atoms with E-state index in [1.807, 2.05) is 4.90 Å². The molecule has 1 aromatic heterocycles. The summed E-state index contributed by atoms with van der Waals surface area (Å²) < 4.78 is 72.7. The Hall–Kier alpha value is -4.49. The summed E-state index contributed by atoms with van der Waals surface area (Å²) in [4.78, 5) is 31.4. The van der Waals surface area contributed by atoms with Crippen LogP contribution in [-0.4, -0.2) is 45.3 Å². The van der Waals surface area contributed by atoms with Gasteiger partial charge in [0.1, 0.15) is 23.1 Å². The van der Waals surface area contributed by atoms with Crippen LogP contribution in [0.5, 0.6) is 5.75 Å². The number of halogens is 5. The molecule has 0 radical (unpaired) electrons. The number of aromatic hydroxyl groups is 1. The summed E-state index contributed by atoms with van der Waals surface area (Å²) in [6, 6.07) is 14.4. The minimum Gasteiger partial charge on any atom is -0.508 e. The van der Waals surface area contributed by atoms with Crippen molar-refractivity contribution >= 4 is 5.69 Å². The molecule has 0 saturated carbocycles. The van der Waals surface area contributed by atoms with E-state index in [-0.39, 0.29) is 43.3 Å². The summed E-state index contributed by atoms with van der Waals surface area (Å²) in [6.07, 6.45) is -4.88. The van der Waals surface area contributed by atoms with Crippen molar-refractivity contribution < 1.29 is 27.1 Å². The minimum absolute atomic E-state index is 0.0870. The highest BCUT2D eigenvalue weighted by molar-refractivity contribution is 5.50. The van der Waals surface area contributed by atoms with Gasteiger partial charge in [0.05, 0.1) is 18.7 Å². The Bertz CT molecular complexity index is 1800. The molecule has 5 rings (SSSR count). The van der Waals surface area contributed by atoms with Crippen LogP contribution in [-0.2, 0) is 25.8 Å². The molecule has 45 heavy (non-hydrogen) atoms. The molecule has 0 spiro atoms. The maximum atomic E-state index is 14.9. The number of alkyl halides is 3. The molecule has 1 fully saturated rings. The van der Waals surface area contributed by atoms with Gasteiger partial charge in [-0.05, 0) is 30.7 Å². The normalized spacial score (nSPS) is 15.0. The van der Waals surface area contributed by atoms with Gasteiger partial charge in [-0.3, -0.25) is 18.8 Å². The predicted octanol–water partition coefficient (Wildman–Crippen LogP) is 4.39. The Labute approximate surface area is 255 Å². The number of nitrogens with two attached hydrogens (primary N) is 1. The molecule has 1 aliphatic rings. The van der Waals surface area contributed by atoms with Crippen LogP contribution in [0.3, 0.4) is 0 Å². The Balaban J connectivity index is 1.53. The maximum absolute atomic E-state index is 14.9. The molecule has 4 aromatic rings. The van der Waals surface area contributed by atoms with Crippen molar-refractivity contribution in [1.29, 1.82) is 0 Å². The second kappa shape index (κ2) is 12.9. The van der Waals surface area contributed by atoms with Crippen molar-refractivity contribution in [2.45, 2.75) is 38.8 Å². The lowest BCUT2D eigenvalue weighted by Crippen LogP contribution is -2.51. The van der Waals surface area contributed by atoms with Gasteiger partial charge in [0.2, 0.25) is 0 Å². The fourth-order valence-electron chi connectivity index (χ4n) is 5.68. The topological polar surface area (TPSA) is 96.7 Å². The molecule has 0 unspecified atom stereocenters. The van der Waals surface area contributed by atoms with E-state index in [0.717, 1.165) is 33.4 Å². The van der Waals surface area contributed by atoms with E-state index in [2.05, 4.69) is 0 Å². The van der Waals surface area contributed by atoms with Crippen molar-refractivity contribution in [3.8, 4) is 5.75 Å². The first kappa shape index (κ1) is 31.9.